The Morgan fingerprint density at radius 1 is 1.35 bits per heavy atom. The Labute approximate surface area is 121 Å². The highest BCUT2D eigenvalue weighted by Gasteiger charge is 2.41. The number of aromatic nitrogens is 1. The molecule has 2 aliphatic rings. The molecule has 1 aromatic heterocycles. The normalized spacial score (nSPS) is 31.2. The van der Waals surface area contributed by atoms with E-state index in [9.17, 15) is 0 Å². The fourth-order valence-electron chi connectivity index (χ4n) is 4.13. The first kappa shape index (κ1) is 13.8. The molecular formula is C16H25N3O. The molecule has 0 amide bonds. The van der Waals surface area contributed by atoms with Gasteiger partial charge in [0.05, 0.1) is 18.8 Å². The molecule has 1 aromatic rings. The van der Waals surface area contributed by atoms with E-state index in [4.69, 9.17) is 4.74 Å². The van der Waals surface area contributed by atoms with E-state index in [1.54, 1.807) is 7.11 Å². The Morgan fingerprint density at radius 2 is 2.05 bits per heavy atom. The minimum atomic E-state index is 0.294. The van der Waals surface area contributed by atoms with Crippen LogP contribution in [-0.2, 0) is 0 Å². The second kappa shape index (κ2) is 5.70. The predicted octanol–water partition coefficient (Wildman–Crippen LogP) is 2.22. The van der Waals surface area contributed by atoms with Crippen LogP contribution < -0.4 is 10.1 Å². The van der Waals surface area contributed by atoms with E-state index < -0.39 is 0 Å². The fourth-order valence-corrected chi connectivity index (χ4v) is 4.13. The number of ether oxygens (including phenoxy) is 1. The molecule has 3 heterocycles. The molecule has 0 spiro atoms. The van der Waals surface area contributed by atoms with Gasteiger partial charge < -0.3 is 15.0 Å². The third-order valence-electron chi connectivity index (χ3n) is 5.23. The second-order valence-electron chi connectivity index (χ2n) is 6.14. The van der Waals surface area contributed by atoms with Gasteiger partial charge in [-0.3, -0.25) is 4.98 Å². The number of nitrogens with zero attached hydrogens (tertiary/aromatic N) is 2. The lowest BCUT2D eigenvalue weighted by Gasteiger charge is -2.39. The molecule has 20 heavy (non-hydrogen) atoms. The molecule has 2 bridgehead atoms. The number of pyridine rings is 1. The van der Waals surface area contributed by atoms with Crippen molar-refractivity contribution in [2.24, 2.45) is 5.92 Å². The summed E-state index contributed by atoms with van der Waals surface area (Å²) in [5.74, 6) is 1.55. The van der Waals surface area contributed by atoms with Crippen molar-refractivity contribution in [2.75, 3.05) is 21.2 Å². The van der Waals surface area contributed by atoms with Gasteiger partial charge in [-0.15, -0.1) is 0 Å². The maximum absolute atomic E-state index is 5.50. The third-order valence-corrected chi connectivity index (χ3v) is 5.23. The summed E-state index contributed by atoms with van der Waals surface area (Å²) in [5, 5.41) is 3.49. The maximum atomic E-state index is 5.50. The first-order valence-corrected chi connectivity index (χ1v) is 7.62. The summed E-state index contributed by atoms with van der Waals surface area (Å²) in [4.78, 5) is 7.17. The Hall–Kier alpha value is -1.13. The summed E-state index contributed by atoms with van der Waals surface area (Å²) in [6, 6.07) is 5.75. The van der Waals surface area contributed by atoms with E-state index in [-0.39, 0.29) is 0 Å². The molecule has 3 unspecified atom stereocenters. The van der Waals surface area contributed by atoms with Crippen LogP contribution in [0.3, 0.4) is 0 Å². The Kier molecular flexibility index (Phi) is 3.94. The van der Waals surface area contributed by atoms with E-state index in [0.29, 0.717) is 12.0 Å². The Balaban J connectivity index is 1.84. The molecule has 4 nitrogen and oxygen atoms in total. The molecule has 3 rings (SSSR count). The molecule has 0 radical (unpaired) electrons. The van der Waals surface area contributed by atoms with Gasteiger partial charge in [-0.05, 0) is 57.8 Å². The van der Waals surface area contributed by atoms with Crippen molar-refractivity contribution in [3.63, 3.8) is 0 Å². The highest BCUT2D eigenvalue weighted by atomic mass is 16.5. The highest BCUT2D eigenvalue weighted by molar-refractivity contribution is 5.30. The van der Waals surface area contributed by atoms with Crippen LogP contribution in [0.25, 0.3) is 0 Å². The molecule has 0 aliphatic carbocycles. The van der Waals surface area contributed by atoms with E-state index in [2.05, 4.69) is 22.2 Å². The standard InChI is InChI=1S/C16H25N3O/c1-17-15(16-14(20-3)5-4-8-18-16)11-9-12-6-7-13(10-11)19(12)2/h4-5,8,11-13,15,17H,6-7,9-10H2,1-3H3. The maximum Gasteiger partial charge on any atom is 0.141 e. The van der Waals surface area contributed by atoms with Gasteiger partial charge in [-0.25, -0.2) is 0 Å². The third kappa shape index (κ3) is 2.31. The zero-order chi connectivity index (χ0) is 14.1. The number of nitrogens with one attached hydrogen (secondary N) is 1. The smallest absolute Gasteiger partial charge is 0.141 e. The first-order chi connectivity index (χ1) is 9.74. The summed E-state index contributed by atoms with van der Waals surface area (Å²) in [6.45, 7) is 0. The molecule has 4 heteroatoms. The van der Waals surface area contributed by atoms with Crippen molar-refractivity contribution >= 4 is 0 Å². The zero-order valence-corrected chi connectivity index (χ0v) is 12.7. The fraction of sp³-hybridized carbons (Fsp3) is 0.688. The van der Waals surface area contributed by atoms with Gasteiger partial charge in [0.25, 0.3) is 0 Å². The van der Waals surface area contributed by atoms with Crippen molar-refractivity contribution in [3.8, 4) is 5.75 Å². The van der Waals surface area contributed by atoms with Crippen LogP contribution in [0.15, 0.2) is 18.3 Å². The van der Waals surface area contributed by atoms with Crippen LogP contribution in [0.1, 0.15) is 37.4 Å². The Bertz CT molecular complexity index is 451. The summed E-state index contributed by atoms with van der Waals surface area (Å²) in [7, 11) is 6.05. The summed E-state index contributed by atoms with van der Waals surface area (Å²) >= 11 is 0. The zero-order valence-electron chi connectivity index (χ0n) is 12.7. The topological polar surface area (TPSA) is 37.4 Å². The first-order valence-electron chi connectivity index (χ1n) is 7.62. The molecule has 3 atom stereocenters. The lowest BCUT2D eigenvalue weighted by atomic mass is 9.83. The highest BCUT2D eigenvalue weighted by Crippen LogP contribution is 2.43. The van der Waals surface area contributed by atoms with Gasteiger partial charge in [0.2, 0.25) is 0 Å². The number of piperidine rings is 1. The minimum Gasteiger partial charge on any atom is -0.495 e. The monoisotopic (exact) mass is 275 g/mol. The summed E-state index contributed by atoms with van der Waals surface area (Å²) in [5.41, 5.74) is 1.06. The van der Waals surface area contributed by atoms with Crippen LogP contribution in [0, 0.1) is 5.92 Å². The van der Waals surface area contributed by atoms with Gasteiger partial charge in [0.1, 0.15) is 5.75 Å². The van der Waals surface area contributed by atoms with Crippen molar-refractivity contribution in [1.82, 2.24) is 15.2 Å². The molecule has 2 aliphatic heterocycles. The van der Waals surface area contributed by atoms with Crippen molar-refractivity contribution in [1.29, 1.82) is 0 Å². The van der Waals surface area contributed by atoms with E-state index in [0.717, 1.165) is 23.5 Å². The van der Waals surface area contributed by atoms with Crippen LogP contribution in [0.2, 0.25) is 0 Å². The van der Waals surface area contributed by atoms with Crippen LogP contribution in [-0.4, -0.2) is 43.2 Å². The Morgan fingerprint density at radius 3 is 2.65 bits per heavy atom. The van der Waals surface area contributed by atoms with E-state index >= 15 is 0 Å². The van der Waals surface area contributed by atoms with Crippen molar-refractivity contribution < 1.29 is 4.74 Å². The van der Waals surface area contributed by atoms with Gasteiger partial charge in [0.15, 0.2) is 0 Å². The van der Waals surface area contributed by atoms with Crippen molar-refractivity contribution in [2.45, 2.75) is 43.8 Å². The number of fused-ring (bicyclic) bond motifs is 2. The number of hydrogen-bond acceptors (Lipinski definition) is 4. The predicted molar refractivity (Wildman–Crippen MR) is 79.9 cm³/mol. The summed E-state index contributed by atoms with van der Waals surface area (Å²) < 4.78 is 5.50. The largest absolute Gasteiger partial charge is 0.495 e. The molecular weight excluding hydrogens is 250 g/mol. The molecule has 0 aromatic carbocycles. The molecule has 2 saturated heterocycles. The van der Waals surface area contributed by atoms with Crippen LogP contribution in [0.4, 0.5) is 0 Å². The van der Waals surface area contributed by atoms with Crippen LogP contribution in [0.5, 0.6) is 5.75 Å². The second-order valence-corrected chi connectivity index (χ2v) is 6.14. The lowest BCUT2D eigenvalue weighted by molar-refractivity contribution is 0.112. The number of hydrogen-bond donors (Lipinski definition) is 1. The summed E-state index contributed by atoms with van der Waals surface area (Å²) in [6.07, 6.45) is 7.10. The number of methoxy groups -OCH3 is 1. The van der Waals surface area contributed by atoms with Gasteiger partial charge >= 0.3 is 0 Å². The van der Waals surface area contributed by atoms with Gasteiger partial charge in [-0.1, -0.05) is 0 Å². The average molecular weight is 275 g/mol. The molecule has 1 N–H and O–H groups in total. The van der Waals surface area contributed by atoms with Crippen LogP contribution >= 0.6 is 0 Å². The number of rotatable bonds is 4. The van der Waals surface area contributed by atoms with Crippen molar-refractivity contribution in [3.05, 3.63) is 24.0 Å². The van der Waals surface area contributed by atoms with Gasteiger partial charge in [-0.2, -0.15) is 0 Å². The van der Waals surface area contributed by atoms with E-state index in [1.165, 1.54) is 25.7 Å². The average Bonchev–Trinajstić information content (AvgIpc) is 2.70. The minimum absolute atomic E-state index is 0.294. The lowest BCUT2D eigenvalue weighted by Crippen LogP contribution is -2.43. The molecule has 2 fully saturated rings. The molecule has 0 saturated carbocycles. The SMILES string of the molecule is CNC(c1ncccc1OC)C1CC2CCC(C1)N2C. The van der Waals surface area contributed by atoms with Gasteiger partial charge in [0, 0.05) is 18.3 Å². The quantitative estimate of drug-likeness (QED) is 0.914. The molecule has 110 valence electrons. The van der Waals surface area contributed by atoms with E-state index in [1.807, 2.05) is 25.4 Å².